The zero-order valence-electron chi connectivity index (χ0n) is 10.7. The van der Waals surface area contributed by atoms with Gasteiger partial charge in [0.15, 0.2) is 0 Å². The molecule has 1 fully saturated rings. The Hall–Kier alpha value is -2.28. The molecule has 1 aliphatic rings. The number of nitrogens with one attached hydrogen (secondary N) is 1. The van der Waals surface area contributed by atoms with Crippen LogP contribution in [0.1, 0.15) is 23.2 Å². The quantitative estimate of drug-likeness (QED) is 0.777. The summed E-state index contributed by atoms with van der Waals surface area (Å²) in [7, 11) is 0. The maximum atomic E-state index is 11.6. The molecule has 1 heterocycles. The van der Waals surface area contributed by atoms with Crippen LogP contribution in [0.2, 0.25) is 0 Å². The number of carboxylic acid groups (broad SMARTS) is 1. The second kappa shape index (κ2) is 6.25. The van der Waals surface area contributed by atoms with Gasteiger partial charge in [0.25, 0.3) is 0 Å². The van der Waals surface area contributed by atoms with E-state index in [9.17, 15) is 14.7 Å². The van der Waals surface area contributed by atoms with Crippen LogP contribution in [0.25, 0.3) is 0 Å². The number of carbonyl (C=O) groups is 2. The molecule has 0 aromatic heterocycles. The predicted molar refractivity (Wildman–Crippen MR) is 69.0 cm³/mol. The fraction of sp³-hybridized carbons (Fsp3) is 0.385. The molecule has 1 aliphatic heterocycles. The number of aromatic hydroxyl groups is 1. The average Bonchev–Trinajstić information content (AvgIpc) is 2.89. The topological polar surface area (TPSA) is 105 Å². The lowest BCUT2D eigenvalue weighted by atomic mass is 10.1. The molecular weight excluding hydrogens is 266 g/mol. The number of hydrogen-bond donors (Lipinski definition) is 3. The van der Waals surface area contributed by atoms with Gasteiger partial charge < -0.3 is 19.7 Å². The third-order valence-corrected chi connectivity index (χ3v) is 2.92. The summed E-state index contributed by atoms with van der Waals surface area (Å²) < 4.78 is 10.3. The van der Waals surface area contributed by atoms with E-state index in [2.05, 4.69) is 5.32 Å². The van der Waals surface area contributed by atoms with Crippen LogP contribution in [0.5, 0.6) is 5.75 Å². The zero-order valence-corrected chi connectivity index (χ0v) is 10.7. The van der Waals surface area contributed by atoms with E-state index >= 15 is 0 Å². The van der Waals surface area contributed by atoms with Gasteiger partial charge in [-0.05, 0) is 25.0 Å². The number of amides is 1. The van der Waals surface area contributed by atoms with Gasteiger partial charge in [-0.25, -0.2) is 9.59 Å². The standard InChI is InChI=1S/C13H15NO6/c15-10-5-1-4-9(11(10)12(16)17)14-13(18)20-7-8-3-2-6-19-8/h1,4-5,8,15H,2-3,6-7H2,(H,14,18)(H,16,17). The molecular formula is C13H15NO6. The number of phenols is 1. The molecule has 0 spiro atoms. The molecule has 1 aromatic carbocycles. The fourth-order valence-electron chi connectivity index (χ4n) is 1.96. The predicted octanol–water partition coefficient (Wildman–Crippen LogP) is 1.82. The lowest BCUT2D eigenvalue weighted by molar-refractivity contribution is 0.0484. The van der Waals surface area contributed by atoms with Gasteiger partial charge in [0.1, 0.15) is 17.9 Å². The monoisotopic (exact) mass is 281 g/mol. The van der Waals surface area contributed by atoms with Crippen molar-refractivity contribution >= 4 is 17.7 Å². The highest BCUT2D eigenvalue weighted by Gasteiger charge is 2.20. The summed E-state index contributed by atoms with van der Waals surface area (Å²) in [4.78, 5) is 22.6. The molecule has 108 valence electrons. The van der Waals surface area contributed by atoms with E-state index in [0.717, 1.165) is 12.8 Å². The van der Waals surface area contributed by atoms with E-state index in [4.69, 9.17) is 14.6 Å². The average molecular weight is 281 g/mol. The normalized spacial score (nSPS) is 17.7. The molecule has 0 aliphatic carbocycles. The Kier molecular flexibility index (Phi) is 4.41. The Labute approximate surface area is 115 Å². The molecule has 0 radical (unpaired) electrons. The maximum Gasteiger partial charge on any atom is 0.411 e. The van der Waals surface area contributed by atoms with E-state index < -0.39 is 17.8 Å². The number of aromatic carboxylic acids is 1. The summed E-state index contributed by atoms with van der Waals surface area (Å²) >= 11 is 0. The SMILES string of the molecule is O=C(Nc1cccc(O)c1C(=O)O)OCC1CCCO1. The van der Waals surface area contributed by atoms with Gasteiger partial charge in [0.05, 0.1) is 11.8 Å². The number of ether oxygens (including phenoxy) is 2. The van der Waals surface area contributed by atoms with E-state index in [1.54, 1.807) is 0 Å². The molecule has 0 saturated carbocycles. The first-order valence-electron chi connectivity index (χ1n) is 6.18. The van der Waals surface area contributed by atoms with E-state index in [1.165, 1.54) is 18.2 Å². The smallest absolute Gasteiger partial charge is 0.411 e. The largest absolute Gasteiger partial charge is 0.507 e. The number of anilines is 1. The van der Waals surface area contributed by atoms with Crippen LogP contribution < -0.4 is 5.32 Å². The zero-order chi connectivity index (χ0) is 14.5. The first-order valence-corrected chi connectivity index (χ1v) is 6.18. The van der Waals surface area contributed by atoms with Crippen LogP contribution in [-0.4, -0.2) is 41.6 Å². The summed E-state index contributed by atoms with van der Waals surface area (Å²) in [6, 6.07) is 4.03. The van der Waals surface area contributed by atoms with Gasteiger partial charge in [0, 0.05) is 6.61 Å². The highest BCUT2D eigenvalue weighted by Crippen LogP contribution is 2.25. The van der Waals surface area contributed by atoms with Crippen molar-refractivity contribution in [2.75, 3.05) is 18.5 Å². The molecule has 2 rings (SSSR count). The summed E-state index contributed by atoms with van der Waals surface area (Å²) in [6.45, 7) is 0.776. The highest BCUT2D eigenvalue weighted by atomic mass is 16.6. The molecule has 1 unspecified atom stereocenters. The van der Waals surface area contributed by atoms with Gasteiger partial charge in [-0.1, -0.05) is 6.07 Å². The Morgan fingerprint density at radius 1 is 1.45 bits per heavy atom. The van der Waals surface area contributed by atoms with Gasteiger partial charge in [-0.2, -0.15) is 0 Å². The molecule has 3 N–H and O–H groups in total. The van der Waals surface area contributed by atoms with E-state index in [1.807, 2.05) is 0 Å². The highest BCUT2D eigenvalue weighted by molar-refractivity contribution is 6.01. The minimum atomic E-state index is -1.34. The van der Waals surface area contributed by atoms with Gasteiger partial charge in [-0.15, -0.1) is 0 Å². The van der Waals surface area contributed by atoms with Crippen LogP contribution >= 0.6 is 0 Å². The third-order valence-electron chi connectivity index (χ3n) is 2.92. The lowest BCUT2D eigenvalue weighted by Gasteiger charge is -2.12. The molecule has 1 amide bonds. The number of carbonyl (C=O) groups excluding carboxylic acids is 1. The summed E-state index contributed by atoms with van der Waals surface area (Å²) in [5.74, 6) is -1.76. The second-order valence-electron chi connectivity index (χ2n) is 4.36. The van der Waals surface area contributed by atoms with Crippen LogP contribution in [0.15, 0.2) is 18.2 Å². The fourth-order valence-corrected chi connectivity index (χ4v) is 1.96. The number of rotatable bonds is 4. The van der Waals surface area contributed by atoms with E-state index in [-0.39, 0.29) is 24.0 Å². The summed E-state index contributed by atoms with van der Waals surface area (Å²) in [5.41, 5.74) is -0.392. The Balaban J connectivity index is 1.96. The van der Waals surface area contributed by atoms with Gasteiger partial charge in [0.2, 0.25) is 0 Å². The van der Waals surface area contributed by atoms with Crippen LogP contribution in [0.3, 0.4) is 0 Å². The molecule has 0 bridgehead atoms. The van der Waals surface area contributed by atoms with Crippen molar-refractivity contribution < 1.29 is 29.3 Å². The molecule has 1 atom stereocenters. The first kappa shape index (κ1) is 14.1. The molecule has 1 aromatic rings. The molecule has 1 saturated heterocycles. The van der Waals surface area contributed by atoms with Crippen molar-refractivity contribution in [2.24, 2.45) is 0 Å². The number of hydrogen-bond acceptors (Lipinski definition) is 5. The van der Waals surface area contributed by atoms with Crippen LogP contribution in [0.4, 0.5) is 10.5 Å². The maximum absolute atomic E-state index is 11.6. The number of benzene rings is 1. The Bertz CT molecular complexity index is 510. The van der Waals surface area contributed by atoms with Gasteiger partial charge in [-0.3, -0.25) is 5.32 Å². The minimum absolute atomic E-state index is 0.0187. The van der Waals surface area contributed by atoms with Crippen molar-refractivity contribution in [2.45, 2.75) is 18.9 Å². The minimum Gasteiger partial charge on any atom is -0.507 e. The number of carboxylic acids is 1. The Morgan fingerprint density at radius 2 is 2.25 bits per heavy atom. The van der Waals surface area contributed by atoms with E-state index in [0.29, 0.717) is 6.61 Å². The van der Waals surface area contributed by atoms with Crippen molar-refractivity contribution in [1.29, 1.82) is 0 Å². The van der Waals surface area contributed by atoms with Crippen molar-refractivity contribution in [3.8, 4) is 5.75 Å². The van der Waals surface area contributed by atoms with Crippen LogP contribution in [-0.2, 0) is 9.47 Å². The molecule has 20 heavy (non-hydrogen) atoms. The Morgan fingerprint density at radius 3 is 2.90 bits per heavy atom. The summed E-state index contributed by atoms with van der Waals surface area (Å²) in [5, 5.41) is 20.8. The van der Waals surface area contributed by atoms with Crippen LogP contribution in [0, 0.1) is 0 Å². The lowest BCUT2D eigenvalue weighted by Crippen LogP contribution is -2.22. The third kappa shape index (κ3) is 3.39. The van der Waals surface area contributed by atoms with Gasteiger partial charge >= 0.3 is 12.1 Å². The molecule has 7 nitrogen and oxygen atoms in total. The second-order valence-corrected chi connectivity index (χ2v) is 4.36. The van der Waals surface area contributed by atoms with Crippen molar-refractivity contribution in [3.63, 3.8) is 0 Å². The summed E-state index contributed by atoms with van der Waals surface area (Å²) in [6.07, 6.45) is 0.878. The van der Waals surface area contributed by atoms with Crippen molar-refractivity contribution in [3.05, 3.63) is 23.8 Å². The van der Waals surface area contributed by atoms with Crippen molar-refractivity contribution in [1.82, 2.24) is 0 Å². The molecule has 7 heteroatoms. The first-order chi connectivity index (χ1) is 9.58.